The molecule has 0 aliphatic carbocycles. The Hall–Kier alpha value is -4.42. The van der Waals surface area contributed by atoms with Gasteiger partial charge >= 0.3 is 11.9 Å². The zero-order chi connectivity index (χ0) is 48.9. The molecule has 0 saturated carbocycles. The number of ether oxygens (including phenoxy) is 1. The molecule has 18 nitrogen and oxygen atoms in total. The van der Waals surface area contributed by atoms with Gasteiger partial charge in [0.15, 0.2) is 11.6 Å². The molecular weight excluding hydrogens is 843 g/mol. The van der Waals surface area contributed by atoms with Crippen LogP contribution in [0.25, 0.3) is 0 Å². The van der Waals surface area contributed by atoms with Gasteiger partial charge in [-0.1, -0.05) is 20.3 Å². The summed E-state index contributed by atoms with van der Waals surface area (Å²) >= 11 is 0. The van der Waals surface area contributed by atoms with E-state index in [0.29, 0.717) is 69.2 Å². The molecule has 2 rings (SSSR count). The fourth-order valence-corrected chi connectivity index (χ4v) is 8.28. The second kappa shape index (κ2) is 28.6. The summed E-state index contributed by atoms with van der Waals surface area (Å²) in [6.07, 6.45) is 0.999. The first kappa shape index (κ1) is 56.7. The van der Waals surface area contributed by atoms with E-state index in [1.165, 1.54) is 9.80 Å². The Bertz CT molecular complexity index is 1660. The Kier molecular flexibility index (Phi) is 24.9. The number of nitrogens with one attached hydrogen (secondary N) is 2. The zero-order valence-corrected chi connectivity index (χ0v) is 40.0. The number of nitrogens with zero attached hydrogens (tertiary/aromatic N) is 3. The van der Waals surface area contributed by atoms with E-state index in [2.05, 4.69) is 10.6 Å². The number of β-amino-alcohol motifs (C(OH)–C–C–N with tert-alkyl or cyclic N) is 1. The van der Waals surface area contributed by atoms with E-state index in [1.807, 2.05) is 21.1 Å². The minimum atomic E-state index is -1.17. The van der Waals surface area contributed by atoms with Crippen LogP contribution in [0.3, 0.4) is 0 Å². The number of likely N-dealkylation sites (N-methyl/N-ethyl adjacent to an activating group) is 2. The Balaban J connectivity index is 2.08. The summed E-state index contributed by atoms with van der Waals surface area (Å²) in [6, 6.07) is -2.05. The van der Waals surface area contributed by atoms with Crippen molar-refractivity contribution in [3.8, 4) is 0 Å². The monoisotopic (exact) mass is 921 g/mol. The number of carboxylic acids is 1. The number of unbranched alkanes of at least 4 members (excludes halogenated alkanes) is 1. The molecule has 0 aromatic heterocycles. The van der Waals surface area contributed by atoms with Gasteiger partial charge < -0.3 is 39.9 Å². The van der Waals surface area contributed by atoms with Crippen LogP contribution >= 0.6 is 0 Å². The van der Waals surface area contributed by atoms with E-state index in [1.54, 1.807) is 27.8 Å². The van der Waals surface area contributed by atoms with Gasteiger partial charge in [-0.2, -0.15) is 0 Å². The molecule has 0 bridgehead atoms. The maximum atomic E-state index is 13.9. The van der Waals surface area contributed by atoms with Crippen LogP contribution in [0.5, 0.6) is 0 Å². The van der Waals surface area contributed by atoms with Crippen LogP contribution in [-0.2, 0) is 52.7 Å². The van der Waals surface area contributed by atoms with Gasteiger partial charge in [0.25, 0.3) is 0 Å². The van der Waals surface area contributed by atoms with Gasteiger partial charge in [0.05, 0.1) is 45.4 Å². The van der Waals surface area contributed by atoms with Crippen LogP contribution < -0.4 is 10.6 Å². The van der Waals surface area contributed by atoms with Crippen molar-refractivity contribution in [1.82, 2.24) is 20.4 Å². The van der Waals surface area contributed by atoms with Crippen molar-refractivity contribution in [3.63, 3.8) is 0 Å². The van der Waals surface area contributed by atoms with Gasteiger partial charge in [-0.3, -0.25) is 47.9 Å². The van der Waals surface area contributed by atoms with E-state index < -0.39 is 60.1 Å². The number of carbonyl (C=O) groups is 10. The normalized spacial score (nSPS) is 19.2. The van der Waals surface area contributed by atoms with Gasteiger partial charge in [0, 0.05) is 102 Å². The number of likely N-dealkylation sites (tertiary alicyclic amines) is 2. The summed E-state index contributed by atoms with van der Waals surface area (Å²) in [5, 5.41) is 25.4. The highest BCUT2D eigenvalue weighted by molar-refractivity contribution is 5.96. The van der Waals surface area contributed by atoms with Crippen molar-refractivity contribution < 1.29 is 67.4 Å². The zero-order valence-electron chi connectivity index (χ0n) is 40.0. The highest BCUT2D eigenvalue weighted by Crippen LogP contribution is 2.28. The molecule has 368 valence electrons. The van der Waals surface area contributed by atoms with Crippen LogP contribution in [0.15, 0.2) is 0 Å². The fraction of sp³-hybridized carbons (Fsp3) is 0.787. The minimum absolute atomic E-state index is 0.0227. The van der Waals surface area contributed by atoms with E-state index in [9.17, 15) is 58.2 Å². The third-order valence-corrected chi connectivity index (χ3v) is 12.6. The second-order valence-electron chi connectivity index (χ2n) is 19.0. The number of amides is 3. The number of Topliss-reactive ketones (excluding diaryl/α,β-unsaturated/α-hetero) is 5. The highest BCUT2D eigenvalue weighted by Gasteiger charge is 2.41. The fourth-order valence-electron chi connectivity index (χ4n) is 8.28. The third-order valence-electron chi connectivity index (χ3n) is 12.6. The van der Waals surface area contributed by atoms with Crippen molar-refractivity contribution in [2.45, 2.75) is 161 Å². The lowest BCUT2D eigenvalue weighted by molar-refractivity contribution is -0.870. The molecule has 7 unspecified atom stereocenters. The first-order valence-corrected chi connectivity index (χ1v) is 23.6. The Morgan fingerprint density at radius 2 is 1.46 bits per heavy atom. The van der Waals surface area contributed by atoms with Crippen molar-refractivity contribution in [2.75, 3.05) is 61.0 Å². The Morgan fingerprint density at radius 3 is 2.11 bits per heavy atom. The van der Waals surface area contributed by atoms with E-state index in [4.69, 9.17) is 4.74 Å². The number of carboxylic acid groups (broad SMARTS) is 1. The summed E-state index contributed by atoms with van der Waals surface area (Å²) in [5.41, 5.74) is 0. The quantitative estimate of drug-likeness (QED) is 0.0420. The molecule has 2 fully saturated rings. The number of esters is 1. The number of aliphatic hydroxyl groups is 1. The minimum Gasteiger partial charge on any atom is -0.481 e. The molecule has 0 radical (unpaired) electrons. The lowest BCUT2D eigenvalue weighted by atomic mass is 9.86. The summed E-state index contributed by atoms with van der Waals surface area (Å²) < 4.78 is 5.96. The SMILES string of the molecule is CCC(=O)C1CC(O)CN1C(=O)C(CCC(=O)O)CC(=O)CCC(=O)C(CCCCNC(=O)C(C)CCCC(=O)OCC[N+](C)(C)C)CC(=O)C1CCCN1C(=O)CCC(=O)C(C)NC. The lowest BCUT2D eigenvalue weighted by Gasteiger charge is -2.27. The van der Waals surface area contributed by atoms with Crippen LogP contribution in [0.2, 0.25) is 0 Å². The molecule has 0 spiro atoms. The van der Waals surface area contributed by atoms with Gasteiger partial charge in [-0.15, -0.1) is 0 Å². The van der Waals surface area contributed by atoms with Crippen LogP contribution in [0, 0.1) is 17.8 Å². The molecule has 18 heteroatoms. The number of aliphatic hydroxyl groups excluding tert-OH is 1. The Labute approximate surface area is 384 Å². The number of hydrogen-bond acceptors (Lipinski definition) is 13. The average molecular weight is 921 g/mol. The summed E-state index contributed by atoms with van der Waals surface area (Å²) in [6.45, 7) is 6.68. The van der Waals surface area contributed by atoms with Crippen molar-refractivity contribution >= 4 is 58.6 Å². The van der Waals surface area contributed by atoms with E-state index in [0.717, 1.165) is 0 Å². The molecule has 0 aromatic carbocycles. The van der Waals surface area contributed by atoms with Crippen LogP contribution in [0.4, 0.5) is 0 Å². The van der Waals surface area contributed by atoms with Gasteiger partial charge in [-0.05, 0) is 58.9 Å². The molecule has 65 heavy (non-hydrogen) atoms. The molecule has 7 atom stereocenters. The number of quaternary nitrogens is 1. The van der Waals surface area contributed by atoms with Crippen molar-refractivity contribution in [1.29, 1.82) is 0 Å². The smallest absolute Gasteiger partial charge is 0.305 e. The van der Waals surface area contributed by atoms with Crippen molar-refractivity contribution in [2.24, 2.45) is 17.8 Å². The van der Waals surface area contributed by atoms with Gasteiger partial charge in [0.2, 0.25) is 17.7 Å². The van der Waals surface area contributed by atoms with Gasteiger partial charge in [-0.25, -0.2) is 0 Å². The number of aliphatic carboxylic acids is 1. The number of rotatable bonds is 33. The average Bonchev–Trinajstić information content (AvgIpc) is 3.91. The van der Waals surface area contributed by atoms with Crippen LogP contribution in [-0.4, -0.2) is 168 Å². The third kappa shape index (κ3) is 20.7. The predicted molar refractivity (Wildman–Crippen MR) is 240 cm³/mol. The molecule has 2 heterocycles. The first-order chi connectivity index (χ1) is 30.6. The lowest BCUT2D eigenvalue weighted by Crippen LogP contribution is -2.44. The molecule has 3 amide bonds. The topological polar surface area (TPSA) is 251 Å². The largest absolute Gasteiger partial charge is 0.481 e. The van der Waals surface area contributed by atoms with Crippen molar-refractivity contribution in [3.05, 3.63) is 0 Å². The van der Waals surface area contributed by atoms with E-state index in [-0.39, 0.29) is 124 Å². The number of ketones is 5. The summed E-state index contributed by atoms with van der Waals surface area (Å²) in [5.74, 6) is -6.28. The maximum absolute atomic E-state index is 13.9. The Morgan fingerprint density at radius 1 is 0.769 bits per heavy atom. The van der Waals surface area contributed by atoms with E-state index >= 15 is 0 Å². The number of hydrogen-bond donors (Lipinski definition) is 4. The standard InChI is InChI=1S/C47H77N5O13/c1-8-39(55)38-29-36(54)30-51(38)47(64)34(17-22-44(60)61)27-35(53)18-19-41(57)33(28-42(58)37-15-12-24-50(37)43(59)21-20-40(56)32(3)48-4)14-9-10-23-49-46(63)31(2)13-11-16-45(62)65-26-25-52(5,6)7/h31-34,36-38,48,54H,8-30H2,1-7H3,(H-,49,60,61,63)/p+1. The van der Waals surface area contributed by atoms with Gasteiger partial charge in [0.1, 0.15) is 30.5 Å². The molecule has 0 aromatic rings. The number of carbonyl (C=O) groups excluding carboxylic acids is 9. The second-order valence-corrected chi connectivity index (χ2v) is 19.0. The summed E-state index contributed by atoms with van der Waals surface area (Å²) in [4.78, 5) is 132. The summed E-state index contributed by atoms with van der Waals surface area (Å²) in [7, 11) is 7.67. The predicted octanol–water partition coefficient (Wildman–Crippen LogP) is 2.58. The first-order valence-electron chi connectivity index (χ1n) is 23.6. The molecule has 2 saturated heterocycles. The molecule has 2 aliphatic heterocycles. The molecule has 4 N–H and O–H groups in total. The maximum Gasteiger partial charge on any atom is 0.305 e. The molecular formula is C47H78N5O13+. The van der Waals surface area contributed by atoms with Crippen LogP contribution in [0.1, 0.15) is 136 Å². The highest BCUT2D eigenvalue weighted by atomic mass is 16.5. The molecule has 2 aliphatic rings.